The second-order valence-corrected chi connectivity index (χ2v) is 5.54. The van der Waals surface area contributed by atoms with E-state index in [0.29, 0.717) is 10.8 Å². The number of benzene rings is 1. The molecule has 0 saturated heterocycles. The van der Waals surface area contributed by atoms with Gasteiger partial charge in [-0.25, -0.2) is 4.98 Å². The molecular formula is C14H13N3O2S. The van der Waals surface area contributed by atoms with Gasteiger partial charge in [-0.1, -0.05) is 11.2 Å². The number of fused-ring (bicyclic) bond motifs is 1. The molecule has 2 heterocycles. The summed E-state index contributed by atoms with van der Waals surface area (Å²) in [5.74, 6) is -0.143. The summed E-state index contributed by atoms with van der Waals surface area (Å²) in [5, 5.41) is 10.1. The Morgan fingerprint density at radius 1 is 1.40 bits per heavy atom. The van der Waals surface area contributed by atoms with Crippen molar-refractivity contribution in [2.45, 2.75) is 20.3 Å². The van der Waals surface area contributed by atoms with E-state index in [2.05, 4.69) is 21.5 Å². The minimum atomic E-state index is -0.143. The first-order chi connectivity index (χ1) is 9.63. The Morgan fingerprint density at radius 3 is 3.00 bits per heavy atom. The highest BCUT2D eigenvalue weighted by atomic mass is 32.1. The van der Waals surface area contributed by atoms with Gasteiger partial charge >= 0.3 is 0 Å². The third kappa shape index (κ3) is 2.42. The van der Waals surface area contributed by atoms with Gasteiger partial charge in [-0.2, -0.15) is 0 Å². The highest BCUT2D eigenvalue weighted by molar-refractivity contribution is 7.13. The van der Waals surface area contributed by atoms with Gasteiger partial charge in [-0.3, -0.25) is 4.79 Å². The predicted molar refractivity (Wildman–Crippen MR) is 77.9 cm³/mol. The highest BCUT2D eigenvalue weighted by Gasteiger charge is 2.15. The van der Waals surface area contributed by atoms with Crippen LogP contribution in [-0.2, 0) is 11.2 Å². The van der Waals surface area contributed by atoms with Crippen LogP contribution in [0.25, 0.3) is 11.0 Å². The van der Waals surface area contributed by atoms with Crippen molar-refractivity contribution in [1.82, 2.24) is 10.1 Å². The van der Waals surface area contributed by atoms with Crippen molar-refractivity contribution in [3.63, 3.8) is 0 Å². The molecule has 1 aromatic carbocycles. The van der Waals surface area contributed by atoms with Crippen molar-refractivity contribution in [2.24, 2.45) is 0 Å². The van der Waals surface area contributed by atoms with Gasteiger partial charge in [0.15, 0.2) is 10.7 Å². The molecule has 20 heavy (non-hydrogen) atoms. The lowest BCUT2D eigenvalue weighted by Crippen LogP contribution is -2.14. The van der Waals surface area contributed by atoms with Crippen LogP contribution in [0.4, 0.5) is 5.13 Å². The number of carbonyl (C=O) groups excluding carboxylic acids is 1. The molecule has 3 aromatic rings. The molecule has 6 heteroatoms. The Morgan fingerprint density at radius 2 is 2.25 bits per heavy atom. The molecule has 0 atom stereocenters. The molecule has 3 rings (SSSR count). The molecule has 1 N–H and O–H groups in total. The minimum Gasteiger partial charge on any atom is -0.356 e. The van der Waals surface area contributed by atoms with Crippen LogP contribution in [0.2, 0.25) is 0 Å². The Hall–Kier alpha value is -2.21. The van der Waals surface area contributed by atoms with Crippen LogP contribution >= 0.6 is 11.3 Å². The number of rotatable bonds is 3. The summed E-state index contributed by atoms with van der Waals surface area (Å²) in [6.45, 7) is 4.00. The maximum atomic E-state index is 12.0. The first-order valence-corrected chi connectivity index (χ1v) is 7.06. The van der Waals surface area contributed by atoms with Crippen molar-refractivity contribution in [1.29, 1.82) is 0 Å². The van der Waals surface area contributed by atoms with E-state index in [-0.39, 0.29) is 12.3 Å². The number of nitrogens with zero attached hydrogens (tertiary/aromatic N) is 2. The van der Waals surface area contributed by atoms with Gasteiger partial charge in [0.2, 0.25) is 5.91 Å². The number of carbonyl (C=O) groups is 1. The van der Waals surface area contributed by atoms with E-state index < -0.39 is 0 Å². The van der Waals surface area contributed by atoms with Crippen molar-refractivity contribution >= 4 is 33.3 Å². The number of anilines is 1. The van der Waals surface area contributed by atoms with Crippen LogP contribution in [0.5, 0.6) is 0 Å². The third-order valence-corrected chi connectivity index (χ3v) is 3.68. The zero-order valence-electron chi connectivity index (χ0n) is 11.1. The van der Waals surface area contributed by atoms with E-state index in [1.165, 1.54) is 11.3 Å². The summed E-state index contributed by atoms with van der Waals surface area (Å²) >= 11 is 1.39. The molecule has 102 valence electrons. The summed E-state index contributed by atoms with van der Waals surface area (Å²) in [6.07, 6.45) is 1.83. The van der Waals surface area contributed by atoms with Crippen LogP contribution in [0.3, 0.4) is 0 Å². The Labute approximate surface area is 119 Å². The first kappa shape index (κ1) is 12.8. The number of aryl methyl sites for hydroxylation is 2. The van der Waals surface area contributed by atoms with Gasteiger partial charge in [-0.15, -0.1) is 11.3 Å². The maximum absolute atomic E-state index is 12.0. The van der Waals surface area contributed by atoms with E-state index in [4.69, 9.17) is 4.52 Å². The zero-order valence-corrected chi connectivity index (χ0v) is 12.0. The predicted octanol–water partition coefficient (Wildman–Crippen LogP) is 3.08. The van der Waals surface area contributed by atoms with Crippen molar-refractivity contribution < 1.29 is 9.32 Å². The fourth-order valence-corrected chi connectivity index (χ4v) is 2.79. The van der Waals surface area contributed by atoms with Gasteiger partial charge < -0.3 is 9.84 Å². The average molecular weight is 287 g/mol. The lowest BCUT2D eigenvalue weighted by atomic mass is 10.0. The standard InChI is InChI=1S/C14H13N3O2S/c1-8-5-9(2)13-10(17-19-11(13)6-8)7-12(18)16-14-15-3-4-20-14/h3-6H,7H2,1-2H3,(H,15,16,18). The molecule has 0 aliphatic carbocycles. The van der Waals surface area contributed by atoms with Crippen LogP contribution in [0.1, 0.15) is 16.8 Å². The van der Waals surface area contributed by atoms with Crippen molar-refractivity contribution in [3.8, 4) is 0 Å². The lowest BCUT2D eigenvalue weighted by molar-refractivity contribution is -0.115. The third-order valence-electron chi connectivity index (χ3n) is 2.99. The molecule has 0 radical (unpaired) electrons. The quantitative estimate of drug-likeness (QED) is 0.803. The number of hydrogen-bond donors (Lipinski definition) is 1. The van der Waals surface area contributed by atoms with Crippen LogP contribution in [0.15, 0.2) is 28.2 Å². The van der Waals surface area contributed by atoms with E-state index in [9.17, 15) is 4.79 Å². The summed E-state index contributed by atoms with van der Waals surface area (Å²) in [7, 11) is 0. The molecule has 0 unspecified atom stereocenters. The van der Waals surface area contributed by atoms with E-state index in [1.54, 1.807) is 6.20 Å². The topological polar surface area (TPSA) is 68.0 Å². The molecule has 2 aromatic heterocycles. The summed E-state index contributed by atoms with van der Waals surface area (Å²) in [6, 6.07) is 3.99. The summed E-state index contributed by atoms with van der Waals surface area (Å²) < 4.78 is 5.30. The lowest BCUT2D eigenvalue weighted by Gasteiger charge is -2.01. The van der Waals surface area contributed by atoms with Crippen LogP contribution in [-0.4, -0.2) is 16.0 Å². The largest absolute Gasteiger partial charge is 0.356 e. The molecular weight excluding hydrogens is 274 g/mol. The highest BCUT2D eigenvalue weighted by Crippen LogP contribution is 2.24. The molecule has 0 aliphatic rings. The van der Waals surface area contributed by atoms with Gasteiger partial charge in [0.25, 0.3) is 0 Å². The molecule has 0 spiro atoms. The monoisotopic (exact) mass is 287 g/mol. The number of hydrogen-bond acceptors (Lipinski definition) is 5. The maximum Gasteiger partial charge on any atom is 0.232 e. The first-order valence-electron chi connectivity index (χ1n) is 6.18. The molecule has 0 bridgehead atoms. The summed E-state index contributed by atoms with van der Waals surface area (Å²) in [5.41, 5.74) is 3.56. The normalized spacial score (nSPS) is 10.9. The Bertz CT molecular complexity index is 762. The fraction of sp³-hybridized carbons (Fsp3) is 0.214. The number of nitrogens with one attached hydrogen (secondary N) is 1. The number of thiazole rings is 1. The molecule has 5 nitrogen and oxygen atoms in total. The average Bonchev–Trinajstić information content (AvgIpc) is 2.99. The molecule has 0 aliphatic heterocycles. The van der Waals surface area contributed by atoms with Gasteiger partial charge in [0, 0.05) is 17.0 Å². The van der Waals surface area contributed by atoms with Gasteiger partial charge in [0.05, 0.1) is 6.42 Å². The van der Waals surface area contributed by atoms with Gasteiger partial charge in [0.1, 0.15) is 5.69 Å². The Balaban J connectivity index is 1.86. The second kappa shape index (κ2) is 5.05. The smallest absolute Gasteiger partial charge is 0.232 e. The number of amides is 1. The number of aromatic nitrogens is 2. The van der Waals surface area contributed by atoms with Crippen LogP contribution < -0.4 is 5.32 Å². The van der Waals surface area contributed by atoms with Gasteiger partial charge in [-0.05, 0) is 31.0 Å². The van der Waals surface area contributed by atoms with E-state index in [1.807, 2.05) is 25.3 Å². The zero-order chi connectivity index (χ0) is 14.1. The van der Waals surface area contributed by atoms with E-state index in [0.717, 1.165) is 22.1 Å². The van der Waals surface area contributed by atoms with E-state index >= 15 is 0 Å². The minimum absolute atomic E-state index is 0.143. The van der Waals surface area contributed by atoms with Crippen molar-refractivity contribution in [2.75, 3.05) is 5.32 Å². The second-order valence-electron chi connectivity index (χ2n) is 4.65. The molecule has 0 fully saturated rings. The molecule has 0 saturated carbocycles. The summed E-state index contributed by atoms with van der Waals surface area (Å²) in [4.78, 5) is 16.0. The SMILES string of the molecule is Cc1cc(C)c2c(CC(=O)Nc3nccs3)noc2c1. The molecule has 1 amide bonds. The van der Waals surface area contributed by atoms with Crippen molar-refractivity contribution in [3.05, 3.63) is 40.5 Å². The fourth-order valence-electron chi connectivity index (χ4n) is 2.24. The Kier molecular flexibility index (Phi) is 3.23. The van der Waals surface area contributed by atoms with Crippen LogP contribution in [0, 0.1) is 13.8 Å².